The fraction of sp³-hybridized carbons (Fsp3) is 0.562. The summed E-state index contributed by atoms with van der Waals surface area (Å²) in [6.45, 7) is 6.02. The monoisotopic (exact) mass is 294 g/mol. The van der Waals surface area contributed by atoms with Gasteiger partial charge in [-0.05, 0) is 26.0 Å². The van der Waals surface area contributed by atoms with Crippen molar-refractivity contribution in [2.75, 3.05) is 20.2 Å². The number of para-hydroxylation sites is 1. The number of aromatic hydroxyl groups is 1. The van der Waals surface area contributed by atoms with Gasteiger partial charge >= 0.3 is 5.97 Å². The highest BCUT2D eigenvalue weighted by Crippen LogP contribution is 2.33. The molecule has 0 aromatic heterocycles. The van der Waals surface area contributed by atoms with Crippen molar-refractivity contribution >= 4 is 5.97 Å². The van der Waals surface area contributed by atoms with Gasteiger partial charge in [0.05, 0.1) is 20.2 Å². The summed E-state index contributed by atoms with van der Waals surface area (Å²) in [4.78, 5) is 12.3. The molecule has 1 aromatic carbocycles. The molecular formula is C16H24NO4+. The second kappa shape index (κ2) is 6.35. The number of rotatable bonds is 4. The third kappa shape index (κ3) is 3.47. The van der Waals surface area contributed by atoms with Gasteiger partial charge in [-0.2, -0.15) is 0 Å². The van der Waals surface area contributed by atoms with E-state index in [0.29, 0.717) is 5.92 Å². The van der Waals surface area contributed by atoms with E-state index in [0.717, 1.165) is 25.9 Å². The molecule has 1 fully saturated rings. The molecule has 0 unspecified atom stereocenters. The summed E-state index contributed by atoms with van der Waals surface area (Å²) in [6, 6.07) is 4.82. The minimum Gasteiger partial charge on any atom is -0.504 e. The molecule has 5 nitrogen and oxygen atoms in total. The highest BCUT2D eigenvalue weighted by molar-refractivity contribution is 5.93. The van der Waals surface area contributed by atoms with E-state index in [1.165, 1.54) is 7.11 Å². The SMILES string of the molecule is COc1cccc(C(=O)OC(C)(C)C2CC[NH2+]CC2)c1O. The largest absolute Gasteiger partial charge is 0.504 e. The van der Waals surface area contributed by atoms with E-state index in [-0.39, 0.29) is 17.1 Å². The lowest BCUT2D eigenvalue weighted by Gasteiger charge is -2.35. The number of piperidine rings is 1. The summed E-state index contributed by atoms with van der Waals surface area (Å²) < 4.78 is 10.7. The van der Waals surface area contributed by atoms with Crippen LogP contribution in [0, 0.1) is 5.92 Å². The number of hydrogen-bond acceptors (Lipinski definition) is 4. The van der Waals surface area contributed by atoms with Crippen molar-refractivity contribution in [3.05, 3.63) is 23.8 Å². The maximum atomic E-state index is 12.3. The maximum Gasteiger partial charge on any atom is 0.342 e. The zero-order valence-electron chi connectivity index (χ0n) is 12.9. The first-order valence-electron chi connectivity index (χ1n) is 7.36. The molecule has 1 aliphatic heterocycles. The lowest BCUT2D eigenvalue weighted by atomic mass is 9.83. The zero-order chi connectivity index (χ0) is 15.5. The van der Waals surface area contributed by atoms with Crippen LogP contribution in [0.2, 0.25) is 0 Å². The number of ether oxygens (including phenoxy) is 2. The molecule has 2 rings (SSSR count). The number of phenolic OH excluding ortho intramolecular Hbond substituents is 1. The first kappa shape index (κ1) is 15.6. The third-order valence-corrected chi connectivity index (χ3v) is 4.22. The van der Waals surface area contributed by atoms with Gasteiger partial charge in [0.1, 0.15) is 11.2 Å². The van der Waals surface area contributed by atoms with Crippen LogP contribution in [-0.2, 0) is 4.74 Å². The Morgan fingerprint density at radius 1 is 1.33 bits per heavy atom. The number of methoxy groups -OCH3 is 1. The number of phenols is 1. The van der Waals surface area contributed by atoms with Gasteiger partial charge in [0, 0.05) is 18.8 Å². The van der Waals surface area contributed by atoms with Gasteiger partial charge in [0.2, 0.25) is 0 Å². The molecule has 1 saturated heterocycles. The van der Waals surface area contributed by atoms with E-state index in [4.69, 9.17) is 9.47 Å². The number of quaternary nitrogens is 1. The number of carbonyl (C=O) groups is 1. The van der Waals surface area contributed by atoms with Crippen molar-refractivity contribution in [1.82, 2.24) is 0 Å². The molecule has 116 valence electrons. The van der Waals surface area contributed by atoms with Gasteiger partial charge in [-0.25, -0.2) is 4.79 Å². The first-order chi connectivity index (χ1) is 9.95. The molecule has 0 amide bonds. The summed E-state index contributed by atoms with van der Waals surface area (Å²) >= 11 is 0. The Balaban J connectivity index is 2.13. The van der Waals surface area contributed by atoms with Gasteiger partial charge in [-0.1, -0.05) is 6.07 Å². The molecule has 0 spiro atoms. The van der Waals surface area contributed by atoms with Crippen LogP contribution in [0.4, 0.5) is 0 Å². The topological polar surface area (TPSA) is 72.4 Å². The Kier molecular flexibility index (Phi) is 4.73. The smallest absolute Gasteiger partial charge is 0.342 e. The van der Waals surface area contributed by atoms with Crippen LogP contribution in [0.15, 0.2) is 18.2 Å². The van der Waals surface area contributed by atoms with Crippen LogP contribution in [0.25, 0.3) is 0 Å². The van der Waals surface area contributed by atoms with Gasteiger partial charge in [0.15, 0.2) is 11.5 Å². The van der Waals surface area contributed by atoms with Crippen LogP contribution in [0.5, 0.6) is 11.5 Å². The molecule has 1 aromatic rings. The Hall–Kier alpha value is -1.75. The summed E-state index contributed by atoms with van der Waals surface area (Å²) in [5, 5.41) is 12.3. The van der Waals surface area contributed by atoms with Crippen molar-refractivity contribution in [3.8, 4) is 11.5 Å². The van der Waals surface area contributed by atoms with Gasteiger partial charge < -0.3 is 19.9 Å². The van der Waals surface area contributed by atoms with Crippen LogP contribution < -0.4 is 10.1 Å². The van der Waals surface area contributed by atoms with Crippen LogP contribution >= 0.6 is 0 Å². The quantitative estimate of drug-likeness (QED) is 0.821. The minimum atomic E-state index is -0.541. The Labute approximate surface area is 125 Å². The van der Waals surface area contributed by atoms with Crippen molar-refractivity contribution in [1.29, 1.82) is 0 Å². The zero-order valence-corrected chi connectivity index (χ0v) is 12.9. The average molecular weight is 294 g/mol. The highest BCUT2D eigenvalue weighted by Gasteiger charge is 2.36. The van der Waals surface area contributed by atoms with E-state index in [1.54, 1.807) is 18.2 Å². The van der Waals surface area contributed by atoms with Gasteiger partial charge in [0.25, 0.3) is 0 Å². The molecule has 1 aliphatic rings. The van der Waals surface area contributed by atoms with Crippen LogP contribution in [-0.4, -0.2) is 36.9 Å². The average Bonchev–Trinajstić information content (AvgIpc) is 2.48. The number of hydrogen-bond donors (Lipinski definition) is 2. The second-order valence-electron chi connectivity index (χ2n) is 5.99. The number of esters is 1. The van der Waals surface area contributed by atoms with Crippen LogP contribution in [0.3, 0.4) is 0 Å². The highest BCUT2D eigenvalue weighted by atomic mass is 16.6. The number of carbonyl (C=O) groups excluding carboxylic acids is 1. The van der Waals surface area contributed by atoms with Gasteiger partial charge in [-0.15, -0.1) is 0 Å². The number of nitrogens with two attached hydrogens (primary N) is 1. The Bertz CT molecular complexity index is 507. The van der Waals surface area contributed by atoms with Crippen molar-refractivity contribution in [2.24, 2.45) is 5.92 Å². The standard InChI is InChI=1S/C16H23NO4/c1-16(2,11-7-9-17-10-8-11)21-15(19)12-5-4-6-13(20-3)14(12)18/h4-6,11,17-18H,7-10H2,1-3H3/p+1. The summed E-state index contributed by atoms with van der Waals surface area (Å²) in [5.74, 6) is -0.0579. The molecular weight excluding hydrogens is 270 g/mol. The van der Waals surface area contributed by atoms with Crippen molar-refractivity contribution in [2.45, 2.75) is 32.3 Å². The second-order valence-corrected chi connectivity index (χ2v) is 5.99. The predicted octanol–water partition coefficient (Wildman–Crippen LogP) is 1.31. The lowest BCUT2D eigenvalue weighted by molar-refractivity contribution is -0.665. The third-order valence-electron chi connectivity index (χ3n) is 4.22. The fourth-order valence-electron chi connectivity index (χ4n) is 2.85. The Morgan fingerprint density at radius 2 is 2.00 bits per heavy atom. The summed E-state index contributed by atoms with van der Waals surface area (Å²) in [5.41, 5.74) is -0.397. The molecule has 0 aliphatic carbocycles. The molecule has 0 radical (unpaired) electrons. The molecule has 0 bridgehead atoms. The summed E-state index contributed by atoms with van der Waals surface area (Å²) in [7, 11) is 1.45. The van der Waals surface area contributed by atoms with Crippen molar-refractivity contribution < 1.29 is 24.7 Å². The van der Waals surface area contributed by atoms with E-state index < -0.39 is 11.6 Å². The Morgan fingerprint density at radius 3 is 2.62 bits per heavy atom. The van der Waals surface area contributed by atoms with E-state index in [1.807, 2.05) is 13.8 Å². The fourth-order valence-corrected chi connectivity index (χ4v) is 2.85. The first-order valence-corrected chi connectivity index (χ1v) is 7.36. The minimum absolute atomic E-state index is 0.143. The maximum absolute atomic E-state index is 12.3. The summed E-state index contributed by atoms with van der Waals surface area (Å²) in [6.07, 6.45) is 2.06. The van der Waals surface area contributed by atoms with E-state index in [9.17, 15) is 9.90 Å². The molecule has 1 heterocycles. The molecule has 3 N–H and O–H groups in total. The van der Waals surface area contributed by atoms with Crippen LogP contribution in [0.1, 0.15) is 37.0 Å². The van der Waals surface area contributed by atoms with Crippen molar-refractivity contribution in [3.63, 3.8) is 0 Å². The predicted molar refractivity (Wildman–Crippen MR) is 78.5 cm³/mol. The van der Waals surface area contributed by atoms with E-state index in [2.05, 4.69) is 5.32 Å². The lowest BCUT2D eigenvalue weighted by Crippen LogP contribution is -2.86. The number of benzene rings is 1. The molecule has 21 heavy (non-hydrogen) atoms. The molecule has 0 saturated carbocycles. The molecule has 5 heteroatoms. The molecule has 0 atom stereocenters. The van der Waals surface area contributed by atoms with Gasteiger partial charge in [-0.3, -0.25) is 0 Å². The van der Waals surface area contributed by atoms with E-state index >= 15 is 0 Å². The normalized spacial score (nSPS) is 16.5.